The molecule has 8 heteroatoms. The van der Waals surface area contributed by atoms with Gasteiger partial charge in [0.1, 0.15) is 11.5 Å². The van der Waals surface area contributed by atoms with Gasteiger partial charge in [-0.1, -0.05) is 0 Å². The van der Waals surface area contributed by atoms with Gasteiger partial charge in [0.15, 0.2) is 0 Å². The molecule has 0 fully saturated rings. The molecule has 0 amide bonds. The Kier molecular flexibility index (Phi) is 11.2. The number of hydrogen-bond acceptors (Lipinski definition) is 8. The van der Waals surface area contributed by atoms with Crippen molar-refractivity contribution in [3.8, 4) is 11.5 Å². The highest BCUT2D eigenvalue weighted by molar-refractivity contribution is 5.92. The van der Waals surface area contributed by atoms with Crippen LogP contribution >= 0.6 is 0 Å². The number of phenolic OH excluding ortho intramolecular Hbond substituents is 1. The van der Waals surface area contributed by atoms with Gasteiger partial charge in [0, 0.05) is 62.8 Å². The van der Waals surface area contributed by atoms with Crippen molar-refractivity contribution >= 4 is 12.4 Å². The lowest BCUT2D eigenvalue weighted by Crippen LogP contribution is -2.24. The number of phenols is 1. The molecule has 0 heterocycles. The van der Waals surface area contributed by atoms with E-state index in [0.29, 0.717) is 43.1 Å². The van der Waals surface area contributed by atoms with Gasteiger partial charge >= 0.3 is 0 Å². The standard InChI is InChI=1S/C17H30N6O2/c1-25-16-10-14(12-22-8-6-20-4-2-18)17(24)15(11-16)13-23-9-7-21-5-3-19/h10-13,20-21,24H,2-9,18-19H2,1H3. The van der Waals surface area contributed by atoms with Crippen LogP contribution in [0.1, 0.15) is 11.1 Å². The molecule has 0 aromatic heterocycles. The number of nitrogens with zero attached hydrogens (tertiary/aromatic N) is 2. The first-order valence-corrected chi connectivity index (χ1v) is 8.45. The topological polar surface area (TPSA) is 130 Å². The molecule has 25 heavy (non-hydrogen) atoms. The van der Waals surface area contributed by atoms with Gasteiger partial charge in [-0.05, 0) is 12.1 Å². The molecule has 140 valence electrons. The molecule has 0 aliphatic carbocycles. The van der Waals surface area contributed by atoms with Crippen LogP contribution < -0.4 is 26.8 Å². The molecular formula is C17H30N6O2. The van der Waals surface area contributed by atoms with Crippen molar-refractivity contribution in [1.29, 1.82) is 0 Å². The van der Waals surface area contributed by atoms with Crippen molar-refractivity contribution in [2.45, 2.75) is 0 Å². The first kappa shape index (κ1) is 21.0. The molecule has 0 radical (unpaired) electrons. The van der Waals surface area contributed by atoms with Gasteiger partial charge < -0.3 is 31.9 Å². The zero-order valence-corrected chi connectivity index (χ0v) is 14.9. The Morgan fingerprint density at radius 2 is 1.44 bits per heavy atom. The van der Waals surface area contributed by atoms with Gasteiger partial charge in [0.25, 0.3) is 0 Å². The largest absolute Gasteiger partial charge is 0.507 e. The van der Waals surface area contributed by atoms with Gasteiger partial charge in [-0.3, -0.25) is 9.98 Å². The van der Waals surface area contributed by atoms with Crippen molar-refractivity contribution in [1.82, 2.24) is 10.6 Å². The fraction of sp³-hybridized carbons (Fsp3) is 0.529. The fourth-order valence-corrected chi connectivity index (χ4v) is 2.03. The van der Waals surface area contributed by atoms with E-state index in [2.05, 4.69) is 20.6 Å². The Morgan fingerprint density at radius 3 is 1.84 bits per heavy atom. The Morgan fingerprint density at radius 1 is 0.960 bits per heavy atom. The van der Waals surface area contributed by atoms with Gasteiger partial charge in [0.05, 0.1) is 20.2 Å². The van der Waals surface area contributed by atoms with Crippen LogP contribution in [0.4, 0.5) is 0 Å². The summed E-state index contributed by atoms with van der Waals surface area (Å²) in [6, 6.07) is 3.48. The molecule has 0 saturated heterocycles. The summed E-state index contributed by atoms with van der Waals surface area (Å²) < 4.78 is 5.28. The molecule has 0 unspecified atom stereocenters. The van der Waals surface area contributed by atoms with Crippen molar-refractivity contribution < 1.29 is 9.84 Å². The third-order valence-corrected chi connectivity index (χ3v) is 3.32. The highest BCUT2D eigenvalue weighted by Gasteiger charge is 2.07. The number of benzene rings is 1. The molecule has 0 aliphatic rings. The smallest absolute Gasteiger partial charge is 0.133 e. The van der Waals surface area contributed by atoms with E-state index < -0.39 is 0 Å². The van der Waals surface area contributed by atoms with Gasteiger partial charge in [-0.25, -0.2) is 0 Å². The molecule has 1 aromatic carbocycles. The quantitative estimate of drug-likeness (QED) is 0.237. The molecule has 1 aromatic rings. The van der Waals surface area contributed by atoms with Gasteiger partial charge in [-0.15, -0.1) is 0 Å². The predicted octanol–water partition coefficient (Wildman–Crippen LogP) is -0.665. The molecule has 8 nitrogen and oxygen atoms in total. The van der Waals surface area contributed by atoms with Crippen molar-refractivity contribution in [2.75, 3.05) is 59.5 Å². The SMILES string of the molecule is COc1cc(C=NCCNCCN)c(O)c(C=NCCNCCN)c1. The summed E-state index contributed by atoms with van der Waals surface area (Å²) in [5.41, 5.74) is 12.0. The van der Waals surface area contributed by atoms with Crippen molar-refractivity contribution in [3.63, 3.8) is 0 Å². The van der Waals surface area contributed by atoms with Crippen LogP contribution in [0.15, 0.2) is 22.1 Å². The average Bonchev–Trinajstić information content (AvgIpc) is 2.63. The highest BCUT2D eigenvalue weighted by Crippen LogP contribution is 2.26. The minimum absolute atomic E-state index is 0.137. The van der Waals surface area contributed by atoms with Crippen LogP contribution in [0.5, 0.6) is 11.5 Å². The number of methoxy groups -OCH3 is 1. The lowest BCUT2D eigenvalue weighted by Gasteiger charge is -2.07. The molecule has 0 spiro atoms. The number of nitrogens with two attached hydrogens (primary N) is 2. The summed E-state index contributed by atoms with van der Waals surface area (Å²) in [6.45, 7) is 5.42. The summed E-state index contributed by atoms with van der Waals surface area (Å²) in [6.07, 6.45) is 3.28. The zero-order valence-electron chi connectivity index (χ0n) is 14.9. The Bertz CT molecular complexity index is 505. The Hall–Kier alpha value is -2.00. The van der Waals surface area contributed by atoms with E-state index in [1.807, 2.05) is 0 Å². The minimum atomic E-state index is 0.137. The third kappa shape index (κ3) is 8.59. The summed E-state index contributed by atoms with van der Waals surface area (Å²) in [5, 5.41) is 16.7. The number of aromatic hydroxyl groups is 1. The first-order valence-electron chi connectivity index (χ1n) is 8.45. The van der Waals surface area contributed by atoms with E-state index in [1.54, 1.807) is 31.7 Å². The molecule has 0 bridgehead atoms. The maximum absolute atomic E-state index is 10.4. The third-order valence-electron chi connectivity index (χ3n) is 3.32. The summed E-state index contributed by atoms with van der Waals surface area (Å²) in [5.74, 6) is 0.779. The second-order valence-corrected chi connectivity index (χ2v) is 5.30. The fourth-order valence-electron chi connectivity index (χ4n) is 2.03. The molecule has 0 atom stereocenters. The van der Waals surface area contributed by atoms with Crippen LogP contribution in [0.25, 0.3) is 0 Å². The predicted molar refractivity (Wildman–Crippen MR) is 103 cm³/mol. The first-order chi connectivity index (χ1) is 12.2. The number of aliphatic imine (C=N–C) groups is 2. The number of hydrogen-bond donors (Lipinski definition) is 5. The van der Waals surface area contributed by atoms with E-state index in [1.165, 1.54) is 0 Å². The van der Waals surface area contributed by atoms with Crippen LogP contribution in [-0.4, -0.2) is 77.0 Å². The lowest BCUT2D eigenvalue weighted by molar-refractivity contribution is 0.412. The summed E-state index contributed by atoms with van der Waals surface area (Å²) >= 11 is 0. The van der Waals surface area contributed by atoms with E-state index in [0.717, 1.165) is 26.2 Å². The average molecular weight is 350 g/mol. The molecule has 0 saturated carbocycles. The highest BCUT2D eigenvalue weighted by atomic mass is 16.5. The van der Waals surface area contributed by atoms with E-state index >= 15 is 0 Å². The van der Waals surface area contributed by atoms with Gasteiger partial charge in [0.2, 0.25) is 0 Å². The van der Waals surface area contributed by atoms with Crippen LogP contribution in [0.2, 0.25) is 0 Å². The zero-order chi connectivity index (χ0) is 18.3. The molecule has 7 N–H and O–H groups in total. The Labute approximate surface area is 149 Å². The molecule has 1 rings (SSSR count). The summed E-state index contributed by atoms with van der Waals surface area (Å²) in [4.78, 5) is 8.62. The number of ether oxygens (including phenoxy) is 1. The van der Waals surface area contributed by atoms with E-state index in [9.17, 15) is 5.11 Å². The van der Waals surface area contributed by atoms with Gasteiger partial charge in [-0.2, -0.15) is 0 Å². The minimum Gasteiger partial charge on any atom is -0.507 e. The number of nitrogens with one attached hydrogen (secondary N) is 2. The maximum atomic E-state index is 10.4. The maximum Gasteiger partial charge on any atom is 0.133 e. The van der Waals surface area contributed by atoms with Crippen molar-refractivity contribution in [3.05, 3.63) is 23.3 Å². The van der Waals surface area contributed by atoms with Crippen molar-refractivity contribution in [2.24, 2.45) is 21.5 Å². The second-order valence-electron chi connectivity index (χ2n) is 5.30. The van der Waals surface area contributed by atoms with E-state index in [4.69, 9.17) is 16.2 Å². The monoisotopic (exact) mass is 350 g/mol. The Balaban J connectivity index is 2.68. The number of rotatable bonds is 13. The lowest BCUT2D eigenvalue weighted by atomic mass is 10.1. The summed E-state index contributed by atoms with van der Waals surface area (Å²) in [7, 11) is 1.59. The van der Waals surface area contributed by atoms with E-state index in [-0.39, 0.29) is 5.75 Å². The molecule has 0 aliphatic heterocycles. The normalized spacial score (nSPS) is 11.6. The molecular weight excluding hydrogens is 320 g/mol. The van der Waals surface area contributed by atoms with Crippen LogP contribution in [-0.2, 0) is 0 Å². The van der Waals surface area contributed by atoms with Crippen LogP contribution in [0, 0.1) is 0 Å². The van der Waals surface area contributed by atoms with Crippen LogP contribution in [0.3, 0.4) is 0 Å². The second kappa shape index (κ2) is 13.3.